The Morgan fingerprint density at radius 3 is 2.00 bits per heavy atom. The average molecular weight is 348 g/mol. The SMILES string of the molecule is CC(C)(C)[Si](C)(C)OCCCCCN1C(=O)c2ccccc2C1=O. The van der Waals surface area contributed by atoms with E-state index in [2.05, 4.69) is 33.9 Å². The molecule has 2 amide bonds. The van der Waals surface area contributed by atoms with Crippen LogP contribution in [-0.2, 0) is 4.43 Å². The predicted molar refractivity (Wildman–Crippen MR) is 98.8 cm³/mol. The van der Waals surface area contributed by atoms with Crippen molar-refractivity contribution < 1.29 is 14.0 Å². The Bertz CT molecular complexity index is 584. The summed E-state index contributed by atoms with van der Waals surface area (Å²) in [5.41, 5.74) is 1.06. The largest absolute Gasteiger partial charge is 0.417 e. The van der Waals surface area contributed by atoms with Gasteiger partial charge >= 0.3 is 0 Å². The molecule has 132 valence electrons. The zero-order chi connectivity index (χ0) is 18.0. The van der Waals surface area contributed by atoms with E-state index >= 15 is 0 Å². The summed E-state index contributed by atoms with van der Waals surface area (Å²) in [7, 11) is -1.67. The van der Waals surface area contributed by atoms with Crippen molar-refractivity contribution in [3.63, 3.8) is 0 Å². The van der Waals surface area contributed by atoms with E-state index in [1.165, 1.54) is 4.90 Å². The number of hydrogen-bond acceptors (Lipinski definition) is 3. The number of fused-ring (bicyclic) bond motifs is 1. The number of rotatable bonds is 7. The molecule has 5 heteroatoms. The van der Waals surface area contributed by atoms with Gasteiger partial charge in [0.15, 0.2) is 8.32 Å². The van der Waals surface area contributed by atoms with Crippen LogP contribution in [0, 0.1) is 0 Å². The van der Waals surface area contributed by atoms with E-state index in [1.807, 2.05) is 0 Å². The maximum atomic E-state index is 12.3. The Hall–Kier alpha value is -1.46. The number of nitrogens with zero attached hydrogens (tertiary/aromatic N) is 1. The lowest BCUT2D eigenvalue weighted by atomic mass is 10.1. The van der Waals surface area contributed by atoms with Gasteiger partial charge in [0.25, 0.3) is 11.8 Å². The van der Waals surface area contributed by atoms with Gasteiger partial charge in [-0.15, -0.1) is 0 Å². The second kappa shape index (κ2) is 7.19. The highest BCUT2D eigenvalue weighted by molar-refractivity contribution is 6.74. The number of unbranched alkanes of at least 4 members (excludes halogenated alkanes) is 2. The molecule has 1 aliphatic heterocycles. The predicted octanol–water partition coefficient (Wildman–Crippen LogP) is 4.47. The van der Waals surface area contributed by atoms with Gasteiger partial charge in [-0.25, -0.2) is 0 Å². The summed E-state index contributed by atoms with van der Waals surface area (Å²) in [6.45, 7) is 12.5. The molecule has 1 heterocycles. The van der Waals surface area contributed by atoms with Crippen molar-refractivity contribution in [3.8, 4) is 0 Å². The second-order valence-corrected chi connectivity index (χ2v) is 12.8. The summed E-state index contributed by atoms with van der Waals surface area (Å²) in [6, 6.07) is 7.04. The van der Waals surface area contributed by atoms with Crippen LogP contribution in [0.2, 0.25) is 18.1 Å². The summed E-state index contributed by atoms with van der Waals surface area (Å²) >= 11 is 0. The zero-order valence-corrected chi connectivity index (χ0v) is 16.5. The molecule has 4 nitrogen and oxygen atoms in total. The van der Waals surface area contributed by atoms with E-state index in [-0.39, 0.29) is 16.9 Å². The van der Waals surface area contributed by atoms with Crippen molar-refractivity contribution in [1.29, 1.82) is 0 Å². The molecule has 0 N–H and O–H groups in total. The summed E-state index contributed by atoms with van der Waals surface area (Å²) in [4.78, 5) is 25.9. The number of hydrogen-bond donors (Lipinski definition) is 0. The third kappa shape index (κ3) is 3.95. The maximum absolute atomic E-state index is 12.3. The first-order chi connectivity index (χ1) is 11.1. The van der Waals surface area contributed by atoms with Crippen molar-refractivity contribution in [2.24, 2.45) is 0 Å². The zero-order valence-electron chi connectivity index (χ0n) is 15.5. The van der Waals surface area contributed by atoms with Gasteiger partial charge in [0.2, 0.25) is 0 Å². The standard InChI is InChI=1S/C19H29NO3Si/c1-19(2,3)24(4,5)23-14-10-6-9-13-20-17(21)15-11-7-8-12-16(15)18(20)22/h7-8,11-12H,6,9-10,13-14H2,1-5H3. The van der Waals surface area contributed by atoms with Gasteiger partial charge in [-0.2, -0.15) is 0 Å². The Morgan fingerprint density at radius 1 is 0.958 bits per heavy atom. The van der Waals surface area contributed by atoms with Gasteiger partial charge < -0.3 is 4.43 Å². The van der Waals surface area contributed by atoms with Crippen LogP contribution < -0.4 is 0 Å². The molecular weight excluding hydrogens is 318 g/mol. The molecule has 0 fully saturated rings. The molecule has 0 atom stereocenters. The molecule has 0 spiro atoms. The van der Waals surface area contributed by atoms with Crippen molar-refractivity contribution in [2.45, 2.75) is 58.2 Å². The van der Waals surface area contributed by atoms with Crippen LogP contribution >= 0.6 is 0 Å². The third-order valence-electron chi connectivity index (χ3n) is 5.17. The van der Waals surface area contributed by atoms with Gasteiger partial charge in [-0.3, -0.25) is 14.5 Å². The minimum atomic E-state index is -1.67. The average Bonchev–Trinajstić information content (AvgIpc) is 2.74. The fourth-order valence-corrected chi connectivity index (χ4v) is 3.62. The van der Waals surface area contributed by atoms with Crippen molar-refractivity contribution in [1.82, 2.24) is 4.90 Å². The number of carbonyl (C=O) groups is 2. The van der Waals surface area contributed by atoms with Gasteiger partial charge in [-0.1, -0.05) is 32.9 Å². The van der Waals surface area contributed by atoms with Crippen LogP contribution in [-0.4, -0.2) is 38.2 Å². The smallest absolute Gasteiger partial charge is 0.261 e. The number of carbonyl (C=O) groups excluding carboxylic acids is 2. The van der Waals surface area contributed by atoms with E-state index < -0.39 is 8.32 Å². The van der Waals surface area contributed by atoms with Gasteiger partial charge in [0.05, 0.1) is 11.1 Å². The molecule has 0 saturated heterocycles. The minimum Gasteiger partial charge on any atom is -0.417 e. The summed E-state index contributed by atoms with van der Waals surface area (Å²) in [5.74, 6) is -0.318. The first-order valence-corrected chi connectivity index (χ1v) is 11.7. The monoisotopic (exact) mass is 347 g/mol. The molecule has 0 aromatic heterocycles. The van der Waals surface area contributed by atoms with E-state index in [0.29, 0.717) is 17.7 Å². The highest BCUT2D eigenvalue weighted by Gasteiger charge is 2.37. The van der Waals surface area contributed by atoms with E-state index in [4.69, 9.17) is 4.43 Å². The molecule has 0 radical (unpaired) electrons. The Labute approximate surface area is 146 Å². The van der Waals surface area contributed by atoms with E-state index in [9.17, 15) is 9.59 Å². The summed E-state index contributed by atoms with van der Waals surface area (Å²) in [6.07, 6.45) is 2.75. The Kier molecular flexibility index (Phi) is 5.66. The number of amides is 2. The molecule has 1 aromatic carbocycles. The van der Waals surface area contributed by atoms with Crippen LogP contribution in [0.4, 0.5) is 0 Å². The Morgan fingerprint density at radius 2 is 1.50 bits per heavy atom. The third-order valence-corrected chi connectivity index (χ3v) is 9.71. The topological polar surface area (TPSA) is 46.6 Å². The van der Waals surface area contributed by atoms with Crippen LogP contribution in [0.3, 0.4) is 0 Å². The molecular formula is C19H29NO3Si. The van der Waals surface area contributed by atoms with E-state index in [1.54, 1.807) is 24.3 Å². The molecule has 1 aromatic rings. The van der Waals surface area contributed by atoms with Gasteiger partial charge in [0, 0.05) is 13.2 Å². The van der Waals surface area contributed by atoms with Crippen LogP contribution in [0.1, 0.15) is 60.7 Å². The van der Waals surface area contributed by atoms with Gasteiger partial charge in [-0.05, 0) is 49.5 Å². The first kappa shape index (κ1) is 18.9. The molecule has 0 unspecified atom stereocenters. The van der Waals surface area contributed by atoms with Gasteiger partial charge in [0.1, 0.15) is 0 Å². The first-order valence-electron chi connectivity index (χ1n) is 8.74. The van der Waals surface area contributed by atoms with Crippen LogP contribution in [0.25, 0.3) is 0 Å². The quantitative estimate of drug-likeness (QED) is 0.415. The van der Waals surface area contributed by atoms with E-state index in [0.717, 1.165) is 25.9 Å². The fraction of sp³-hybridized carbons (Fsp3) is 0.579. The van der Waals surface area contributed by atoms with Crippen LogP contribution in [0.15, 0.2) is 24.3 Å². The number of imide groups is 1. The summed E-state index contributed by atoms with van der Waals surface area (Å²) < 4.78 is 6.15. The molecule has 0 aliphatic carbocycles. The fourth-order valence-electron chi connectivity index (χ4n) is 2.53. The highest BCUT2D eigenvalue weighted by Crippen LogP contribution is 2.36. The lowest BCUT2D eigenvalue weighted by Gasteiger charge is -2.36. The maximum Gasteiger partial charge on any atom is 0.261 e. The number of benzene rings is 1. The molecule has 0 bridgehead atoms. The van der Waals surface area contributed by atoms with Crippen molar-refractivity contribution >= 4 is 20.1 Å². The molecule has 0 saturated carbocycles. The van der Waals surface area contributed by atoms with Crippen molar-refractivity contribution in [2.75, 3.05) is 13.2 Å². The lowest BCUT2D eigenvalue weighted by Crippen LogP contribution is -2.41. The minimum absolute atomic E-state index is 0.159. The lowest BCUT2D eigenvalue weighted by molar-refractivity contribution is 0.0651. The second-order valence-electron chi connectivity index (χ2n) is 7.98. The van der Waals surface area contributed by atoms with Crippen molar-refractivity contribution in [3.05, 3.63) is 35.4 Å². The molecule has 1 aliphatic rings. The highest BCUT2D eigenvalue weighted by atomic mass is 28.4. The normalized spacial score (nSPS) is 15.1. The Balaban J connectivity index is 1.73. The van der Waals surface area contributed by atoms with Crippen LogP contribution in [0.5, 0.6) is 0 Å². The molecule has 2 rings (SSSR count). The molecule has 24 heavy (non-hydrogen) atoms. The summed E-state index contributed by atoms with van der Waals surface area (Å²) in [5, 5.41) is 0.229.